The zero-order valence-corrected chi connectivity index (χ0v) is 8.51. The molecule has 14 heavy (non-hydrogen) atoms. The summed E-state index contributed by atoms with van der Waals surface area (Å²) in [6.45, 7) is 0.420. The lowest BCUT2D eigenvalue weighted by Crippen LogP contribution is -2.07. The number of hydrogen-bond acceptors (Lipinski definition) is 3. The Kier molecular flexibility index (Phi) is 2.61. The van der Waals surface area contributed by atoms with Crippen LogP contribution < -0.4 is 5.73 Å². The molecule has 2 rings (SSSR count). The first-order valence-electron chi connectivity index (χ1n) is 4.52. The first-order valence-corrected chi connectivity index (χ1v) is 5.40. The number of ketones is 1. The van der Waals surface area contributed by atoms with Crippen molar-refractivity contribution in [2.45, 2.75) is 6.42 Å². The number of hydrogen-bond donors (Lipinski definition) is 1. The van der Waals surface area contributed by atoms with E-state index in [-0.39, 0.29) is 5.78 Å². The monoisotopic (exact) mass is 205 g/mol. The number of nitrogens with two attached hydrogens (primary N) is 1. The number of Topliss-reactive ketones (excluding diaryl/α,β-unsaturated/α-hetero) is 1. The lowest BCUT2D eigenvalue weighted by Gasteiger charge is -1.96. The molecule has 0 unspecified atom stereocenters. The average molecular weight is 205 g/mol. The fourth-order valence-corrected chi connectivity index (χ4v) is 2.42. The van der Waals surface area contributed by atoms with Crippen LogP contribution in [0.25, 0.3) is 10.1 Å². The van der Waals surface area contributed by atoms with Crippen LogP contribution in [0.1, 0.15) is 16.8 Å². The van der Waals surface area contributed by atoms with Crippen LogP contribution in [-0.4, -0.2) is 12.3 Å². The van der Waals surface area contributed by atoms with Crippen LogP contribution in [0.4, 0.5) is 0 Å². The Morgan fingerprint density at radius 1 is 1.36 bits per heavy atom. The summed E-state index contributed by atoms with van der Waals surface area (Å²) in [4.78, 5) is 11.6. The van der Waals surface area contributed by atoms with Gasteiger partial charge in [-0.1, -0.05) is 18.2 Å². The van der Waals surface area contributed by atoms with Crippen molar-refractivity contribution in [2.75, 3.05) is 6.54 Å². The van der Waals surface area contributed by atoms with Gasteiger partial charge < -0.3 is 5.73 Å². The molecule has 3 heteroatoms. The predicted octanol–water partition coefficient (Wildman–Crippen LogP) is 2.43. The van der Waals surface area contributed by atoms with E-state index in [1.165, 1.54) is 0 Å². The molecule has 0 radical (unpaired) electrons. The highest BCUT2D eigenvalue weighted by molar-refractivity contribution is 7.17. The third-order valence-electron chi connectivity index (χ3n) is 2.15. The normalized spacial score (nSPS) is 10.6. The molecule has 1 aromatic carbocycles. The van der Waals surface area contributed by atoms with Gasteiger partial charge in [-0.05, 0) is 12.6 Å². The average Bonchev–Trinajstić information content (AvgIpc) is 2.61. The second kappa shape index (κ2) is 3.90. The van der Waals surface area contributed by atoms with E-state index in [1.807, 2.05) is 29.6 Å². The fraction of sp³-hybridized carbons (Fsp3) is 0.182. The van der Waals surface area contributed by atoms with Crippen molar-refractivity contribution in [1.29, 1.82) is 0 Å². The van der Waals surface area contributed by atoms with Gasteiger partial charge in [-0.25, -0.2) is 0 Å². The van der Waals surface area contributed by atoms with Gasteiger partial charge in [0.1, 0.15) is 0 Å². The van der Waals surface area contributed by atoms with Gasteiger partial charge in [0, 0.05) is 27.5 Å². The van der Waals surface area contributed by atoms with Crippen molar-refractivity contribution in [3.05, 3.63) is 35.2 Å². The molecule has 72 valence electrons. The van der Waals surface area contributed by atoms with Crippen molar-refractivity contribution < 1.29 is 4.79 Å². The third-order valence-corrected chi connectivity index (χ3v) is 3.12. The van der Waals surface area contributed by atoms with Gasteiger partial charge in [0.25, 0.3) is 0 Å². The minimum absolute atomic E-state index is 0.143. The van der Waals surface area contributed by atoms with Gasteiger partial charge in [0.2, 0.25) is 0 Å². The first-order chi connectivity index (χ1) is 6.83. The minimum Gasteiger partial charge on any atom is -0.330 e. The Labute approximate surface area is 86.3 Å². The number of carbonyl (C=O) groups is 1. The van der Waals surface area contributed by atoms with Crippen molar-refractivity contribution in [3.8, 4) is 0 Å². The van der Waals surface area contributed by atoms with Crippen LogP contribution in [0.5, 0.6) is 0 Å². The molecular weight excluding hydrogens is 194 g/mol. The van der Waals surface area contributed by atoms with E-state index in [9.17, 15) is 4.79 Å². The SMILES string of the molecule is NCCC(=O)c1csc2ccccc12. The van der Waals surface area contributed by atoms with Gasteiger partial charge in [0.15, 0.2) is 5.78 Å². The second-order valence-electron chi connectivity index (χ2n) is 3.11. The van der Waals surface area contributed by atoms with Crippen molar-refractivity contribution in [3.63, 3.8) is 0 Å². The van der Waals surface area contributed by atoms with Crippen LogP contribution >= 0.6 is 11.3 Å². The highest BCUT2D eigenvalue weighted by atomic mass is 32.1. The zero-order chi connectivity index (χ0) is 9.97. The Morgan fingerprint density at radius 3 is 2.93 bits per heavy atom. The highest BCUT2D eigenvalue weighted by Gasteiger charge is 2.10. The molecule has 2 nitrogen and oxygen atoms in total. The van der Waals surface area contributed by atoms with E-state index in [0.717, 1.165) is 15.6 Å². The quantitative estimate of drug-likeness (QED) is 0.782. The lowest BCUT2D eigenvalue weighted by atomic mass is 10.1. The molecule has 0 aliphatic carbocycles. The van der Waals surface area contributed by atoms with E-state index in [1.54, 1.807) is 11.3 Å². The molecule has 0 saturated carbocycles. The number of carbonyl (C=O) groups excluding carboxylic acids is 1. The first kappa shape index (κ1) is 9.37. The molecule has 0 amide bonds. The summed E-state index contributed by atoms with van der Waals surface area (Å²) in [6.07, 6.45) is 0.431. The van der Waals surface area contributed by atoms with Crippen LogP contribution in [0.15, 0.2) is 29.6 Å². The predicted molar refractivity (Wildman–Crippen MR) is 59.8 cm³/mol. The fourth-order valence-electron chi connectivity index (χ4n) is 1.46. The van der Waals surface area contributed by atoms with Gasteiger partial charge in [-0.3, -0.25) is 4.79 Å². The summed E-state index contributed by atoms with van der Waals surface area (Å²) >= 11 is 1.61. The molecule has 0 fully saturated rings. The maximum Gasteiger partial charge on any atom is 0.165 e. The molecule has 0 saturated heterocycles. The molecule has 0 bridgehead atoms. The van der Waals surface area contributed by atoms with E-state index >= 15 is 0 Å². The molecular formula is C11H11NOS. The summed E-state index contributed by atoms with van der Waals surface area (Å²) < 4.78 is 1.16. The lowest BCUT2D eigenvalue weighted by molar-refractivity contribution is 0.0987. The van der Waals surface area contributed by atoms with Crippen LogP contribution in [0.3, 0.4) is 0 Å². The summed E-state index contributed by atoms with van der Waals surface area (Å²) in [5, 5.41) is 2.97. The van der Waals surface area contributed by atoms with Crippen molar-refractivity contribution >= 4 is 27.2 Å². The second-order valence-corrected chi connectivity index (χ2v) is 4.02. The van der Waals surface area contributed by atoms with E-state index in [4.69, 9.17) is 5.73 Å². The highest BCUT2D eigenvalue weighted by Crippen LogP contribution is 2.26. The molecule has 1 heterocycles. The van der Waals surface area contributed by atoms with Crippen LogP contribution in [0.2, 0.25) is 0 Å². The maximum atomic E-state index is 11.6. The Bertz CT molecular complexity index is 461. The molecule has 1 aromatic heterocycles. The molecule has 0 atom stereocenters. The molecule has 0 aliphatic rings. The van der Waals surface area contributed by atoms with Gasteiger partial charge >= 0.3 is 0 Å². The standard InChI is InChI=1S/C11H11NOS/c12-6-5-10(13)9-7-14-11-4-2-1-3-8(9)11/h1-4,7H,5-6,12H2. The van der Waals surface area contributed by atoms with E-state index in [0.29, 0.717) is 13.0 Å². The number of thiophene rings is 1. The van der Waals surface area contributed by atoms with Crippen molar-refractivity contribution in [1.82, 2.24) is 0 Å². The van der Waals surface area contributed by atoms with Gasteiger partial charge in [-0.2, -0.15) is 0 Å². The van der Waals surface area contributed by atoms with Crippen LogP contribution in [-0.2, 0) is 0 Å². The molecule has 2 aromatic rings. The Hall–Kier alpha value is -1.19. The minimum atomic E-state index is 0.143. The summed E-state index contributed by atoms with van der Waals surface area (Å²) in [5.41, 5.74) is 6.18. The summed E-state index contributed by atoms with van der Waals surface area (Å²) in [6, 6.07) is 7.94. The summed E-state index contributed by atoms with van der Waals surface area (Å²) in [7, 11) is 0. The van der Waals surface area contributed by atoms with E-state index < -0.39 is 0 Å². The van der Waals surface area contributed by atoms with Gasteiger partial charge in [0.05, 0.1) is 0 Å². The molecule has 0 aliphatic heterocycles. The number of rotatable bonds is 3. The smallest absolute Gasteiger partial charge is 0.165 e. The molecule has 2 N–H and O–H groups in total. The largest absolute Gasteiger partial charge is 0.330 e. The zero-order valence-electron chi connectivity index (χ0n) is 7.69. The Morgan fingerprint density at radius 2 is 2.14 bits per heavy atom. The van der Waals surface area contributed by atoms with Gasteiger partial charge in [-0.15, -0.1) is 11.3 Å². The van der Waals surface area contributed by atoms with Crippen LogP contribution in [0, 0.1) is 0 Å². The number of fused-ring (bicyclic) bond motifs is 1. The van der Waals surface area contributed by atoms with Crippen molar-refractivity contribution in [2.24, 2.45) is 5.73 Å². The summed E-state index contributed by atoms with van der Waals surface area (Å²) in [5.74, 6) is 0.143. The molecule has 0 spiro atoms. The third kappa shape index (κ3) is 1.56. The van der Waals surface area contributed by atoms with E-state index in [2.05, 4.69) is 0 Å². The maximum absolute atomic E-state index is 11.6. The topological polar surface area (TPSA) is 43.1 Å². The number of benzene rings is 1. The Balaban J connectivity index is 2.47.